The Bertz CT molecular complexity index is 435. The number of hydrogen-bond acceptors (Lipinski definition) is 3. The fraction of sp³-hybridized carbons (Fsp3) is 0.583. The molecule has 2 amide bonds. The van der Waals surface area contributed by atoms with Crippen LogP contribution in [0.2, 0.25) is 0 Å². The van der Waals surface area contributed by atoms with Crippen molar-refractivity contribution in [2.75, 3.05) is 7.05 Å². The molecule has 0 atom stereocenters. The summed E-state index contributed by atoms with van der Waals surface area (Å²) < 4.78 is 0. The number of nitrogens with zero attached hydrogens (tertiary/aromatic N) is 1. The second-order valence-corrected chi connectivity index (χ2v) is 4.51. The van der Waals surface area contributed by atoms with E-state index in [1.165, 1.54) is 19.8 Å². The molecule has 1 aromatic rings. The number of aromatic amines is 1. The van der Waals surface area contributed by atoms with Crippen molar-refractivity contribution < 1.29 is 9.59 Å². The number of amides is 2. The van der Waals surface area contributed by atoms with Gasteiger partial charge in [0.1, 0.15) is 5.69 Å². The van der Waals surface area contributed by atoms with Crippen molar-refractivity contribution in [1.29, 1.82) is 0 Å². The summed E-state index contributed by atoms with van der Waals surface area (Å²) >= 11 is 0. The first-order chi connectivity index (χ1) is 8.72. The summed E-state index contributed by atoms with van der Waals surface area (Å²) in [5.74, 6) is -0.608. The first kappa shape index (κ1) is 12.6. The summed E-state index contributed by atoms with van der Waals surface area (Å²) in [6.45, 7) is 0. The second kappa shape index (κ2) is 5.66. The Balaban J connectivity index is 2.04. The smallest absolute Gasteiger partial charge is 0.272 e. The lowest BCUT2D eigenvalue weighted by Gasteiger charge is -2.22. The molecule has 3 N–H and O–H groups in total. The van der Waals surface area contributed by atoms with Crippen LogP contribution >= 0.6 is 0 Å². The lowest BCUT2D eigenvalue weighted by Crippen LogP contribution is -2.37. The SMILES string of the molecule is CNC(=O)c1[nH]cnc1C(=O)NC1CCCCC1. The number of imidazole rings is 1. The van der Waals surface area contributed by atoms with E-state index >= 15 is 0 Å². The van der Waals surface area contributed by atoms with Gasteiger partial charge in [-0.05, 0) is 12.8 Å². The number of rotatable bonds is 3. The molecule has 6 nitrogen and oxygen atoms in total. The zero-order valence-corrected chi connectivity index (χ0v) is 10.5. The van der Waals surface area contributed by atoms with E-state index in [-0.39, 0.29) is 29.2 Å². The Morgan fingerprint density at radius 1 is 1.28 bits per heavy atom. The Labute approximate surface area is 106 Å². The Morgan fingerprint density at radius 2 is 2.00 bits per heavy atom. The number of carbonyl (C=O) groups excluding carboxylic acids is 2. The van der Waals surface area contributed by atoms with E-state index in [1.807, 2.05) is 0 Å². The van der Waals surface area contributed by atoms with E-state index in [1.54, 1.807) is 0 Å². The van der Waals surface area contributed by atoms with Gasteiger partial charge in [-0.2, -0.15) is 0 Å². The summed E-state index contributed by atoms with van der Waals surface area (Å²) in [5, 5.41) is 5.42. The third-order valence-electron chi connectivity index (χ3n) is 3.25. The Morgan fingerprint density at radius 3 is 2.67 bits per heavy atom. The molecule has 0 bridgehead atoms. The highest BCUT2D eigenvalue weighted by Crippen LogP contribution is 2.17. The maximum atomic E-state index is 12.0. The topological polar surface area (TPSA) is 86.9 Å². The maximum absolute atomic E-state index is 12.0. The lowest BCUT2D eigenvalue weighted by molar-refractivity contribution is 0.0901. The minimum Gasteiger partial charge on any atom is -0.354 e. The molecule has 1 saturated carbocycles. The molecule has 0 radical (unpaired) electrons. The summed E-state index contributed by atoms with van der Waals surface area (Å²) in [6.07, 6.45) is 6.90. The second-order valence-electron chi connectivity index (χ2n) is 4.51. The average molecular weight is 250 g/mol. The molecule has 18 heavy (non-hydrogen) atoms. The summed E-state index contributed by atoms with van der Waals surface area (Å²) in [5.41, 5.74) is 0.380. The van der Waals surface area contributed by atoms with Gasteiger partial charge in [0.25, 0.3) is 11.8 Å². The molecule has 0 spiro atoms. The highest BCUT2D eigenvalue weighted by molar-refractivity contribution is 6.04. The van der Waals surface area contributed by atoms with Crippen LogP contribution in [0.3, 0.4) is 0 Å². The quantitative estimate of drug-likeness (QED) is 0.742. The van der Waals surface area contributed by atoms with Gasteiger partial charge in [0, 0.05) is 13.1 Å². The van der Waals surface area contributed by atoms with Crippen LogP contribution < -0.4 is 10.6 Å². The van der Waals surface area contributed by atoms with Crippen LogP contribution in [0.1, 0.15) is 53.1 Å². The highest BCUT2D eigenvalue weighted by atomic mass is 16.2. The molecule has 98 valence electrons. The molecule has 1 aromatic heterocycles. The fourth-order valence-electron chi connectivity index (χ4n) is 2.27. The first-order valence-electron chi connectivity index (χ1n) is 6.28. The van der Waals surface area contributed by atoms with Gasteiger partial charge in [0.15, 0.2) is 5.69 Å². The van der Waals surface area contributed by atoms with Gasteiger partial charge >= 0.3 is 0 Å². The normalized spacial score (nSPS) is 16.3. The molecular formula is C12H18N4O2. The highest BCUT2D eigenvalue weighted by Gasteiger charge is 2.22. The van der Waals surface area contributed by atoms with Crippen LogP contribution in [-0.2, 0) is 0 Å². The van der Waals surface area contributed by atoms with E-state index in [9.17, 15) is 9.59 Å². The van der Waals surface area contributed by atoms with Gasteiger partial charge in [0.05, 0.1) is 6.33 Å². The van der Waals surface area contributed by atoms with Crippen molar-refractivity contribution in [1.82, 2.24) is 20.6 Å². The standard InChI is InChI=1S/C12H18N4O2/c1-13-11(17)9-10(15-7-14-9)12(18)16-8-5-3-2-4-6-8/h7-8H,2-6H2,1H3,(H,13,17)(H,14,15)(H,16,18). The number of H-pyrrole nitrogens is 1. The van der Waals surface area contributed by atoms with Crippen molar-refractivity contribution in [2.24, 2.45) is 0 Å². The van der Waals surface area contributed by atoms with Crippen molar-refractivity contribution in [3.8, 4) is 0 Å². The van der Waals surface area contributed by atoms with E-state index in [4.69, 9.17) is 0 Å². The predicted molar refractivity (Wildman–Crippen MR) is 66.3 cm³/mol. The van der Waals surface area contributed by atoms with Crippen LogP contribution in [0.4, 0.5) is 0 Å². The Kier molecular flexibility index (Phi) is 3.96. The maximum Gasteiger partial charge on any atom is 0.272 e. The van der Waals surface area contributed by atoms with E-state index < -0.39 is 0 Å². The summed E-state index contributed by atoms with van der Waals surface area (Å²) in [7, 11) is 1.52. The summed E-state index contributed by atoms with van der Waals surface area (Å²) in [6, 6.07) is 0.209. The largest absolute Gasteiger partial charge is 0.354 e. The zero-order valence-electron chi connectivity index (χ0n) is 10.5. The van der Waals surface area contributed by atoms with Gasteiger partial charge in [-0.1, -0.05) is 19.3 Å². The summed E-state index contributed by atoms with van der Waals surface area (Å²) in [4.78, 5) is 30.2. The minimum atomic E-state index is -0.332. The molecule has 0 unspecified atom stereocenters. The van der Waals surface area contributed by atoms with E-state index in [0.717, 1.165) is 25.7 Å². The number of carbonyl (C=O) groups is 2. The van der Waals surface area contributed by atoms with Crippen molar-refractivity contribution in [3.05, 3.63) is 17.7 Å². The molecule has 0 saturated heterocycles. The van der Waals surface area contributed by atoms with E-state index in [2.05, 4.69) is 20.6 Å². The molecular weight excluding hydrogens is 232 g/mol. The van der Waals surface area contributed by atoms with Crippen LogP contribution in [0, 0.1) is 0 Å². The molecule has 1 aliphatic carbocycles. The lowest BCUT2D eigenvalue weighted by atomic mass is 9.95. The number of nitrogens with one attached hydrogen (secondary N) is 3. The van der Waals surface area contributed by atoms with Gasteiger partial charge in [-0.3, -0.25) is 9.59 Å². The van der Waals surface area contributed by atoms with Gasteiger partial charge in [-0.25, -0.2) is 4.98 Å². The fourth-order valence-corrected chi connectivity index (χ4v) is 2.27. The van der Waals surface area contributed by atoms with Gasteiger partial charge < -0.3 is 15.6 Å². The third-order valence-corrected chi connectivity index (χ3v) is 3.25. The number of hydrogen-bond donors (Lipinski definition) is 3. The van der Waals surface area contributed by atoms with Crippen molar-refractivity contribution >= 4 is 11.8 Å². The predicted octanol–water partition coefficient (Wildman–Crippen LogP) is 0.832. The number of aromatic nitrogens is 2. The van der Waals surface area contributed by atoms with Crippen LogP contribution in [-0.4, -0.2) is 34.9 Å². The Hall–Kier alpha value is -1.85. The molecule has 1 aliphatic rings. The molecule has 1 fully saturated rings. The van der Waals surface area contributed by atoms with Crippen molar-refractivity contribution in [3.63, 3.8) is 0 Å². The van der Waals surface area contributed by atoms with Gasteiger partial charge in [-0.15, -0.1) is 0 Å². The molecule has 6 heteroatoms. The first-order valence-corrected chi connectivity index (χ1v) is 6.28. The molecule has 0 aliphatic heterocycles. The molecule has 0 aromatic carbocycles. The van der Waals surface area contributed by atoms with Crippen LogP contribution in [0.25, 0.3) is 0 Å². The van der Waals surface area contributed by atoms with Crippen LogP contribution in [0.15, 0.2) is 6.33 Å². The molecule has 2 rings (SSSR count). The van der Waals surface area contributed by atoms with Crippen molar-refractivity contribution in [2.45, 2.75) is 38.1 Å². The monoisotopic (exact) mass is 250 g/mol. The van der Waals surface area contributed by atoms with Crippen LogP contribution in [0.5, 0.6) is 0 Å². The average Bonchev–Trinajstić information content (AvgIpc) is 2.88. The van der Waals surface area contributed by atoms with E-state index in [0.29, 0.717) is 0 Å². The molecule has 1 heterocycles. The van der Waals surface area contributed by atoms with Gasteiger partial charge in [0.2, 0.25) is 0 Å². The zero-order chi connectivity index (χ0) is 13.0. The third kappa shape index (κ3) is 2.69. The minimum absolute atomic E-state index is 0.167.